The number of amides is 2. The van der Waals surface area contributed by atoms with E-state index in [1.54, 1.807) is 60.7 Å². The number of benzene rings is 4. The van der Waals surface area contributed by atoms with Crippen LogP contribution in [0, 0.1) is 13.8 Å². The number of nitrogens with zero attached hydrogens (tertiary/aromatic N) is 2. The van der Waals surface area contributed by atoms with Crippen molar-refractivity contribution in [3.8, 4) is 0 Å². The van der Waals surface area contributed by atoms with Crippen molar-refractivity contribution in [3.05, 3.63) is 130 Å². The fourth-order valence-corrected chi connectivity index (χ4v) is 6.65. The summed E-state index contributed by atoms with van der Waals surface area (Å²) in [6.07, 6.45) is 1.96. The minimum absolute atomic E-state index is 0.0755. The maximum absolute atomic E-state index is 14.5. The molecule has 4 rings (SSSR count). The lowest BCUT2D eigenvalue weighted by Crippen LogP contribution is -2.53. The number of rotatable bonds is 14. The second kappa shape index (κ2) is 15.7. The molecule has 0 aliphatic rings. The Bertz CT molecular complexity index is 1680. The predicted molar refractivity (Wildman–Crippen MR) is 181 cm³/mol. The van der Waals surface area contributed by atoms with Crippen LogP contribution in [-0.4, -0.2) is 44.3 Å². The zero-order chi connectivity index (χ0) is 32.4. The molecule has 0 saturated heterocycles. The summed E-state index contributed by atoms with van der Waals surface area (Å²) in [7, 11) is -4.16. The van der Waals surface area contributed by atoms with E-state index >= 15 is 0 Å². The van der Waals surface area contributed by atoms with Crippen molar-refractivity contribution in [2.45, 2.75) is 57.5 Å². The van der Waals surface area contributed by atoms with Crippen molar-refractivity contribution in [1.82, 2.24) is 10.2 Å². The van der Waals surface area contributed by atoms with Gasteiger partial charge < -0.3 is 10.2 Å². The van der Waals surface area contributed by atoms with E-state index in [0.717, 1.165) is 33.8 Å². The van der Waals surface area contributed by atoms with Crippen LogP contribution in [0.4, 0.5) is 5.69 Å². The van der Waals surface area contributed by atoms with E-state index in [1.807, 2.05) is 63.2 Å². The first-order chi connectivity index (χ1) is 21.6. The molecule has 9 heteroatoms. The van der Waals surface area contributed by atoms with E-state index in [-0.39, 0.29) is 23.8 Å². The first-order valence-electron chi connectivity index (χ1n) is 15.1. The van der Waals surface area contributed by atoms with Crippen LogP contribution >= 0.6 is 11.6 Å². The summed E-state index contributed by atoms with van der Waals surface area (Å²) in [5.74, 6) is -0.797. The van der Waals surface area contributed by atoms with Gasteiger partial charge in [-0.2, -0.15) is 0 Å². The van der Waals surface area contributed by atoms with Gasteiger partial charge in [0.15, 0.2) is 0 Å². The third kappa shape index (κ3) is 8.96. The number of nitrogens with one attached hydrogen (secondary N) is 1. The first-order valence-corrected chi connectivity index (χ1v) is 16.9. The SMILES string of the molecule is CCCCNC(=O)C(Cc1ccccc1)N(Cc1ccc(Cl)cc1)C(=O)CN(c1ccccc1C)S(=O)(=O)c1ccc(C)cc1. The van der Waals surface area contributed by atoms with Crippen molar-refractivity contribution in [3.63, 3.8) is 0 Å². The number of carbonyl (C=O) groups excluding carboxylic acids is 2. The molecule has 0 aliphatic heterocycles. The lowest BCUT2D eigenvalue weighted by molar-refractivity contribution is -0.140. The van der Waals surface area contributed by atoms with Gasteiger partial charge in [-0.05, 0) is 67.3 Å². The Labute approximate surface area is 271 Å². The highest BCUT2D eigenvalue weighted by Gasteiger charge is 2.35. The number of hydrogen-bond donors (Lipinski definition) is 1. The first kappa shape index (κ1) is 33.7. The van der Waals surface area contributed by atoms with Crippen LogP contribution in [0.5, 0.6) is 0 Å². The molecule has 1 unspecified atom stereocenters. The Kier molecular flexibility index (Phi) is 11.8. The molecule has 7 nitrogen and oxygen atoms in total. The van der Waals surface area contributed by atoms with Gasteiger partial charge in [-0.3, -0.25) is 13.9 Å². The van der Waals surface area contributed by atoms with Gasteiger partial charge in [0, 0.05) is 24.5 Å². The van der Waals surface area contributed by atoms with Crippen LogP contribution in [0.1, 0.15) is 42.0 Å². The number of carbonyl (C=O) groups is 2. The van der Waals surface area contributed by atoms with E-state index in [0.29, 0.717) is 22.8 Å². The third-order valence-electron chi connectivity index (χ3n) is 7.64. The van der Waals surface area contributed by atoms with Crippen LogP contribution in [0.3, 0.4) is 0 Å². The molecule has 0 bridgehead atoms. The average molecular weight is 646 g/mol. The molecule has 0 aliphatic carbocycles. The summed E-state index contributed by atoms with van der Waals surface area (Å²) in [4.78, 5) is 29.9. The minimum Gasteiger partial charge on any atom is -0.354 e. The Morgan fingerprint density at radius 2 is 1.47 bits per heavy atom. The van der Waals surface area contributed by atoms with Gasteiger partial charge >= 0.3 is 0 Å². The van der Waals surface area contributed by atoms with Crippen molar-refractivity contribution in [2.75, 3.05) is 17.4 Å². The monoisotopic (exact) mass is 645 g/mol. The van der Waals surface area contributed by atoms with Crippen LogP contribution in [-0.2, 0) is 32.6 Å². The third-order valence-corrected chi connectivity index (χ3v) is 9.66. The molecule has 45 heavy (non-hydrogen) atoms. The summed E-state index contributed by atoms with van der Waals surface area (Å²) >= 11 is 6.15. The van der Waals surface area contributed by atoms with Crippen LogP contribution in [0.15, 0.2) is 108 Å². The fraction of sp³-hybridized carbons (Fsp3) is 0.278. The van der Waals surface area contributed by atoms with Gasteiger partial charge in [0.1, 0.15) is 12.6 Å². The Hall–Kier alpha value is -4.14. The molecule has 0 aromatic heterocycles. The van der Waals surface area contributed by atoms with Gasteiger partial charge in [0.25, 0.3) is 10.0 Å². The smallest absolute Gasteiger partial charge is 0.264 e. The maximum atomic E-state index is 14.5. The molecule has 0 heterocycles. The van der Waals surface area contributed by atoms with Gasteiger partial charge in [0.2, 0.25) is 11.8 Å². The van der Waals surface area contributed by atoms with Gasteiger partial charge in [0.05, 0.1) is 10.6 Å². The standard InChI is InChI=1S/C36H40ClN3O4S/c1-4-5-23-38-36(42)34(24-29-12-7-6-8-13-29)39(25-30-17-19-31(37)20-18-30)35(41)26-40(33-14-10-9-11-28(33)3)45(43,44)32-21-15-27(2)16-22-32/h6-22,34H,4-5,23-26H2,1-3H3,(H,38,42). The second-order valence-electron chi connectivity index (χ2n) is 11.1. The summed E-state index contributed by atoms with van der Waals surface area (Å²) in [5.41, 5.74) is 3.65. The molecule has 0 radical (unpaired) electrons. The molecule has 2 amide bonds. The Balaban J connectivity index is 1.79. The zero-order valence-corrected chi connectivity index (χ0v) is 27.5. The minimum atomic E-state index is -4.16. The van der Waals surface area contributed by atoms with Crippen molar-refractivity contribution in [2.24, 2.45) is 0 Å². The Morgan fingerprint density at radius 1 is 0.822 bits per heavy atom. The zero-order valence-electron chi connectivity index (χ0n) is 25.9. The molecule has 0 saturated carbocycles. The molecular formula is C36H40ClN3O4S. The number of aryl methyl sites for hydroxylation is 2. The molecule has 1 N–H and O–H groups in total. The number of anilines is 1. The largest absolute Gasteiger partial charge is 0.354 e. The van der Waals surface area contributed by atoms with E-state index in [2.05, 4.69) is 5.32 Å². The molecule has 0 fully saturated rings. The molecule has 236 valence electrons. The normalized spacial score (nSPS) is 11.9. The van der Waals surface area contributed by atoms with Crippen molar-refractivity contribution >= 4 is 39.1 Å². The molecule has 0 spiro atoms. The molecule has 4 aromatic rings. The van der Waals surface area contributed by atoms with Crippen LogP contribution in [0.25, 0.3) is 0 Å². The van der Waals surface area contributed by atoms with Gasteiger partial charge in [-0.15, -0.1) is 0 Å². The van der Waals surface area contributed by atoms with Crippen molar-refractivity contribution in [1.29, 1.82) is 0 Å². The lowest BCUT2D eigenvalue weighted by atomic mass is 10.0. The van der Waals surface area contributed by atoms with E-state index < -0.39 is 28.5 Å². The summed E-state index contributed by atoms with van der Waals surface area (Å²) in [6, 6.07) is 29.3. The number of sulfonamides is 1. The highest BCUT2D eigenvalue weighted by atomic mass is 35.5. The lowest BCUT2D eigenvalue weighted by Gasteiger charge is -2.34. The summed E-state index contributed by atoms with van der Waals surface area (Å²) in [5, 5.41) is 3.55. The number of para-hydroxylation sites is 1. The fourth-order valence-electron chi connectivity index (χ4n) is 5.04. The maximum Gasteiger partial charge on any atom is 0.264 e. The van der Waals surface area contributed by atoms with E-state index in [1.165, 1.54) is 4.90 Å². The average Bonchev–Trinajstić information content (AvgIpc) is 3.03. The highest BCUT2D eigenvalue weighted by Crippen LogP contribution is 2.28. The van der Waals surface area contributed by atoms with E-state index in [4.69, 9.17) is 11.6 Å². The van der Waals surface area contributed by atoms with Gasteiger partial charge in [-0.1, -0.05) is 103 Å². The quantitative estimate of drug-likeness (QED) is 0.155. The molecule has 1 atom stereocenters. The predicted octanol–water partition coefficient (Wildman–Crippen LogP) is 6.71. The molecular weight excluding hydrogens is 606 g/mol. The van der Waals surface area contributed by atoms with Gasteiger partial charge in [-0.25, -0.2) is 8.42 Å². The topological polar surface area (TPSA) is 86.8 Å². The number of halogens is 1. The summed E-state index contributed by atoms with van der Waals surface area (Å²) in [6.45, 7) is 5.79. The molecule has 4 aromatic carbocycles. The van der Waals surface area contributed by atoms with Crippen LogP contribution in [0.2, 0.25) is 5.02 Å². The Morgan fingerprint density at radius 3 is 2.11 bits per heavy atom. The van der Waals surface area contributed by atoms with E-state index in [9.17, 15) is 18.0 Å². The highest BCUT2D eigenvalue weighted by molar-refractivity contribution is 7.92. The van der Waals surface area contributed by atoms with Crippen molar-refractivity contribution < 1.29 is 18.0 Å². The number of hydrogen-bond acceptors (Lipinski definition) is 4. The van der Waals surface area contributed by atoms with Crippen LogP contribution < -0.4 is 9.62 Å². The summed E-state index contributed by atoms with van der Waals surface area (Å²) < 4.78 is 29.5. The second-order valence-corrected chi connectivity index (χ2v) is 13.4. The number of unbranched alkanes of at least 4 members (excludes halogenated alkanes) is 1.